The maximum Gasteiger partial charge on any atom is 0.243 e. The topological polar surface area (TPSA) is 63.4 Å². The Morgan fingerprint density at radius 2 is 2.10 bits per heavy atom. The van der Waals surface area contributed by atoms with Crippen molar-refractivity contribution in [2.75, 3.05) is 6.54 Å². The lowest BCUT2D eigenvalue weighted by Gasteiger charge is -2.29. The van der Waals surface area contributed by atoms with Gasteiger partial charge in [-0.25, -0.2) is 12.8 Å². The van der Waals surface area contributed by atoms with Crippen LogP contribution in [-0.2, 0) is 16.6 Å². The van der Waals surface area contributed by atoms with Gasteiger partial charge in [-0.1, -0.05) is 25.8 Å². The standard InChI is InChI=1S/C15H23FN2O2S/c1-2-12-7-4-3-5-10-18(12)21(19,20)15-9-6-8-14(16)13(15)11-17/h6,8-9,12H,2-5,7,10-11,17H2,1H3. The molecule has 6 heteroatoms. The van der Waals surface area contributed by atoms with Gasteiger partial charge in [0.1, 0.15) is 5.82 Å². The van der Waals surface area contributed by atoms with Gasteiger partial charge in [-0.05, 0) is 31.4 Å². The molecule has 2 N–H and O–H groups in total. The molecule has 1 atom stereocenters. The SMILES string of the molecule is CCC1CCCCCN1S(=O)(=O)c1cccc(F)c1CN. The van der Waals surface area contributed by atoms with Crippen molar-refractivity contribution in [2.24, 2.45) is 5.73 Å². The van der Waals surface area contributed by atoms with E-state index in [4.69, 9.17) is 5.73 Å². The lowest BCUT2D eigenvalue weighted by Crippen LogP contribution is -2.40. The highest BCUT2D eigenvalue weighted by atomic mass is 32.2. The molecule has 0 bridgehead atoms. The minimum atomic E-state index is -3.70. The van der Waals surface area contributed by atoms with Gasteiger partial charge in [0.05, 0.1) is 4.90 Å². The molecule has 1 unspecified atom stereocenters. The van der Waals surface area contributed by atoms with E-state index in [1.54, 1.807) is 4.31 Å². The van der Waals surface area contributed by atoms with Crippen molar-refractivity contribution in [2.45, 2.75) is 56.5 Å². The highest BCUT2D eigenvalue weighted by Crippen LogP contribution is 2.28. The zero-order valence-electron chi connectivity index (χ0n) is 12.4. The molecule has 0 saturated carbocycles. The molecule has 0 spiro atoms. The van der Waals surface area contributed by atoms with Crippen LogP contribution in [0.25, 0.3) is 0 Å². The molecule has 1 aliphatic heterocycles. The van der Waals surface area contributed by atoms with E-state index in [2.05, 4.69) is 0 Å². The van der Waals surface area contributed by atoms with Crippen molar-refractivity contribution in [3.05, 3.63) is 29.6 Å². The van der Waals surface area contributed by atoms with Crippen LogP contribution >= 0.6 is 0 Å². The van der Waals surface area contributed by atoms with Crippen molar-refractivity contribution in [1.29, 1.82) is 0 Å². The molecule has 0 aromatic heterocycles. The molecule has 1 aromatic rings. The first-order chi connectivity index (χ1) is 10.0. The highest BCUT2D eigenvalue weighted by Gasteiger charge is 2.33. The monoisotopic (exact) mass is 314 g/mol. The second-order valence-corrected chi connectivity index (χ2v) is 7.31. The molecule has 1 fully saturated rings. The largest absolute Gasteiger partial charge is 0.326 e. The third kappa shape index (κ3) is 3.27. The molecule has 0 radical (unpaired) electrons. The van der Waals surface area contributed by atoms with Gasteiger partial charge < -0.3 is 5.73 Å². The van der Waals surface area contributed by atoms with Crippen molar-refractivity contribution >= 4 is 10.0 Å². The molecule has 118 valence electrons. The van der Waals surface area contributed by atoms with E-state index in [1.165, 1.54) is 18.2 Å². The Hall–Kier alpha value is -0.980. The van der Waals surface area contributed by atoms with Crippen LogP contribution in [-0.4, -0.2) is 25.3 Å². The molecule has 1 aliphatic rings. The lowest BCUT2D eigenvalue weighted by atomic mass is 10.1. The number of nitrogens with zero attached hydrogens (tertiary/aromatic N) is 1. The van der Waals surface area contributed by atoms with Gasteiger partial charge >= 0.3 is 0 Å². The van der Waals surface area contributed by atoms with E-state index >= 15 is 0 Å². The minimum Gasteiger partial charge on any atom is -0.326 e. The van der Waals surface area contributed by atoms with Gasteiger partial charge in [0, 0.05) is 24.7 Å². The molecule has 21 heavy (non-hydrogen) atoms. The molecule has 4 nitrogen and oxygen atoms in total. The molecular weight excluding hydrogens is 291 g/mol. The van der Waals surface area contributed by atoms with E-state index in [1.807, 2.05) is 6.92 Å². The Bertz CT molecular complexity index is 589. The number of rotatable bonds is 4. The maximum atomic E-state index is 13.8. The van der Waals surface area contributed by atoms with Crippen LogP contribution in [0.3, 0.4) is 0 Å². The Labute approximate surface area is 126 Å². The minimum absolute atomic E-state index is 0.00797. The summed E-state index contributed by atoms with van der Waals surface area (Å²) in [6, 6.07) is 4.13. The van der Waals surface area contributed by atoms with Crippen LogP contribution in [0.2, 0.25) is 0 Å². The fourth-order valence-electron chi connectivity index (χ4n) is 2.98. The Morgan fingerprint density at radius 1 is 1.33 bits per heavy atom. The summed E-state index contributed by atoms with van der Waals surface area (Å²) in [6.07, 6.45) is 4.56. The highest BCUT2D eigenvalue weighted by molar-refractivity contribution is 7.89. The van der Waals surface area contributed by atoms with Crippen molar-refractivity contribution < 1.29 is 12.8 Å². The summed E-state index contributed by atoms with van der Waals surface area (Å²) in [5, 5.41) is 0. The number of sulfonamides is 1. The molecule has 0 aliphatic carbocycles. The summed E-state index contributed by atoms with van der Waals surface area (Å²) < 4.78 is 41.3. The predicted octanol–water partition coefficient (Wildman–Crippen LogP) is 2.63. The van der Waals surface area contributed by atoms with Crippen molar-refractivity contribution in [3.8, 4) is 0 Å². The quantitative estimate of drug-likeness (QED) is 0.929. The normalized spacial score (nSPS) is 21.2. The fraction of sp³-hybridized carbons (Fsp3) is 0.600. The number of benzene rings is 1. The third-order valence-electron chi connectivity index (χ3n) is 4.16. The predicted molar refractivity (Wildman–Crippen MR) is 80.7 cm³/mol. The summed E-state index contributed by atoms with van der Waals surface area (Å²) in [6.45, 7) is 2.38. The third-order valence-corrected chi connectivity index (χ3v) is 6.20. The Morgan fingerprint density at radius 3 is 2.76 bits per heavy atom. The van der Waals surface area contributed by atoms with Crippen molar-refractivity contribution in [3.63, 3.8) is 0 Å². The van der Waals surface area contributed by atoms with E-state index in [-0.39, 0.29) is 23.0 Å². The number of nitrogens with two attached hydrogens (primary N) is 1. The van der Waals surface area contributed by atoms with E-state index in [9.17, 15) is 12.8 Å². The first-order valence-corrected chi connectivity index (χ1v) is 8.95. The summed E-state index contributed by atoms with van der Waals surface area (Å²) in [7, 11) is -3.70. The fourth-order valence-corrected chi connectivity index (χ4v) is 4.99. The van der Waals surface area contributed by atoms with Gasteiger partial charge in [-0.2, -0.15) is 4.31 Å². The lowest BCUT2D eigenvalue weighted by molar-refractivity contribution is 0.314. The molecule has 1 heterocycles. The Kier molecular flexibility index (Phi) is 5.35. The van der Waals surface area contributed by atoms with Gasteiger partial charge in [0.2, 0.25) is 10.0 Å². The Balaban J connectivity index is 2.47. The molecule has 0 amide bonds. The average Bonchev–Trinajstić information content (AvgIpc) is 2.72. The number of hydrogen-bond acceptors (Lipinski definition) is 3. The first-order valence-electron chi connectivity index (χ1n) is 7.51. The van der Waals surface area contributed by atoms with Gasteiger partial charge in [0.25, 0.3) is 0 Å². The van der Waals surface area contributed by atoms with Gasteiger partial charge in [0.15, 0.2) is 0 Å². The molecule has 2 rings (SSSR count). The van der Waals surface area contributed by atoms with Gasteiger partial charge in [-0.3, -0.25) is 0 Å². The second kappa shape index (κ2) is 6.85. The van der Waals surface area contributed by atoms with Crippen LogP contribution in [0.15, 0.2) is 23.1 Å². The smallest absolute Gasteiger partial charge is 0.243 e. The van der Waals surface area contributed by atoms with Crippen LogP contribution in [0, 0.1) is 5.82 Å². The van der Waals surface area contributed by atoms with Crippen LogP contribution < -0.4 is 5.73 Å². The van der Waals surface area contributed by atoms with Gasteiger partial charge in [-0.15, -0.1) is 0 Å². The van der Waals surface area contributed by atoms with Crippen molar-refractivity contribution in [1.82, 2.24) is 4.31 Å². The van der Waals surface area contributed by atoms with E-state index in [0.29, 0.717) is 6.54 Å². The number of halogens is 1. The molecule has 1 saturated heterocycles. The van der Waals surface area contributed by atoms with Crippen LogP contribution in [0.5, 0.6) is 0 Å². The number of hydrogen-bond donors (Lipinski definition) is 1. The van der Waals surface area contributed by atoms with E-state index < -0.39 is 15.8 Å². The molecule has 1 aromatic carbocycles. The first kappa shape index (κ1) is 16.4. The van der Waals surface area contributed by atoms with Crippen LogP contribution in [0.4, 0.5) is 4.39 Å². The maximum absolute atomic E-state index is 13.8. The zero-order chi connectivity index (χ0) is 15.5. The summed E-state index contributed by atoms with van der Waals surface area (Å²) >= 11 is 0. The zero-order valence-corrected chi connectivity index (χ0v) is 13.2. The van der Waals surface area contributed by atoms with E-state index in [0.717, 1.165) is 32.1 Å². The molecular formula is C15H23FN2O2S. The summed E-state index contributed by atoms with van der Waals surface area (Å²) in [5.41, 5.74) is 5.63. The summed E-state index contributed by atoms with van der Waals surface area (Å²) in [5.74, 6) is -0.554. The average molecular weight is 314 g/mol. The summed E-state index contributed by atoms with van der Waals surface area (Å²) in [4.78, 5) is 0.0188. The van der Waals surface area contributed by atoms with Crippen LogP contribution in [0.1, 0.15) is 44.6 Å². The second-order valence-electron chi connectivity index (χ2n) is 5.45.